The number of aliphatic carboxylic acids is 1. The Morgan fingerprint density at radius 3 is 2.34 bits per heavy atom. The Labute approximate surface area is 188 Å². The van der Waals surface area contributed by atoms with Crippen LogP contribution in [0.5, 0.6) is 5.75 Å². The lowest BCUT2D eigenvalue weighted by Crippen LogP contribution is -2.59. The van der Waals surface area contributed by atoms with Gasteiger partial charge >= 0.3 is 5.97 Å². The fourth-order valence-corrected chi connectivity index (χ4v) is 4.74. The average Bonchev–Trinajstić information content (AvgIpc) is 2.66. The molecule has 1 atom stereocenters. The molecule has 0 saturated carbocycles. The number of anilines is 1. The van der Waals surface area contributed by atoms with E-state index in [1.165, 1.54) is 0 Å². The Balaban J connectivity index is 2.03. The number of methoxy groups -OCH3 is 1. The topological polar surface area (TPSA) is 95.9 Å². The summed E-state index contributed by atoms with van der Waals surface area (Å²) in [7, 11) is 1.58. The number of ether oxygens (including phenoxy) is 1. The third-order valence-electron chi connectivity index (χ3n) is 5.95. The monoisotopic (exact) mass is 438 g/mol. The minimum Gasteiger partial charge on any atom is -0.497 e. The average molecular weight is 439 g/mol. The van der Waals surface area contributed by atoms with E-state index in [0.29, 0.717) is 17.0 Å². The van der Waals surface area contributed by atoms with Crippen LogP contribution in [-0.2, 0) is 16.0 Å². The molecule has 0 bridgehead atoms. The van der Waals surface area contributed by atoms with Gasteiger partial charge in [-0.1, -0.05) is 18.2 Å². The predicted molar refractivity (Wildman–Crippen MR) is 122 cm³/mol. The minimum atomic E-state index is -1.00. The van der Waals surface area contributed by atoms with Gasteiger partial charge in [0.1, 0.15) is 11.7 Å². The number of fused-ring (bicyclic) bond motifs is 1. The highest BCUT2D eigenvalue weighted by Gasteiger charge is 2.51. The SMILES string of the molecule is COc1ccc(CC(=O)Nc2cc(C)cc3c2C(=O)N(C(C)C)C(C)(C)C3C(=O)O)cc1. The summed E-state index contributed by atoms with van der Waals surface area (Å²) >= 11 is 0. The van der Waals surface area contributed by atoms with Crippen LogP contribution in [-0.4, -0.2) is 46.5 Å². The molecule has 7 nitrogen and oxygen atoms in total. The molecule has 0 radical (unpaired) electrons. The number of carbonyl (C=O) groups excluding carboxylic acids is 2. The Bertz CT molecular complexity index is 1060. The molecule has 7 heteroatoms. The van der Waals surface area contributed by atoms with Crippen molar-refractivity contribution >= 4 is 23.5 Å². The summed E-state index contributed by atoms with van der Waals surface area (Å²) in [5.41, 5.74) is 1.67. The van der Waals surface area contributed by atoms with Gasteiger partial charge in [-0.3, -0.25) is 14.4 Å². The maximum absolute atomic E-state index is 13.6. The van der Waals surface area contributed by atoms with Crippen molar-refractivity contribution < 1.29 is 24.2 Å². The van der Waals surface area contributed by atoms with Gasteiger partial charge in [-0.15, -0.1) is 0 Å². The largest absolute Gasteiger partial charge is 0.497 e. The smallest absolute Gasteiger partial charge is 0.313 e. The Kier molecular flexibility index (Phi) is 6.30. The number of hydrogen-bond donors (Lipinski definition) is 2. The van der Waals surface area contributed by atoms with Crippen molar-refractivity contribution in [3.8, 4) is 5.75 Å². The van der Waals surface area contributed by atoms with E-state index in [0.717, 1.165) is 11.1 Å². The van der Waals surface area contributed by atoms with E-state index in [2.05, 4.69) is 5.32 Å². The highest BCUT2D eigenvalue weighted by Crippen LogP contribution is 2.44. The zero-order valence-corrected chi connectivity index (χ0v) is 19.4. The van der Waals surface area contributed by atoms with Gasteiger partial charge in [0, 0.05) is 6.04 Å². The number of amides is 2. The van der Waals surface area contributed by atoms with Crippen LogP contribution in [0.15, 0.2) is 36.4 Å². The molecule has 0 spiro atoms. The van der Waals surface area contributed by atoms with Crippen molar-refractivity contribution in [2.45, 2.75) is 58.5 Å². The summed E-state index contributed by atoms with van der Waals surface area (Å²) in [6, 6.07) is 10.4. The van der Waals surface area contributed by atoms with E-state index in [1.807, 2.05) is 20.8 Å². The van der Waals surface area contributed by atoms with Gasteiger partial charge in [0.05, 0.1) is 30.3 Å². The second kappa shape index (κ2) is 8.65. The first-order valence-corrected chi connectivity index (χ1v) is 10.6. The number of hydrogen-bond acceptors (Lipinski definition) is 4. The van der Waals surface area contributed by atoms with Gasteiger partial charge in [-0.05, 0) is 69.5 Å². The Morgan fingerprint density at radius 1 is 1.19 bits per heavy atom. The van der Waals surface area contributed by atoms with Crippen LogP contribution in [0.1, 0.15) is 60.7 Å². The number of nitrogens with one attached hydrogen (secondary N) is 1. The van der Waals surface area contributed by atoms with Gasteiger partial charge in [0.25, 0.3) is 5.91 Å². The minimum absolute atomic E-state index is 0.114. The molecule has 2 N–H and O–H groups in total. The Hall–Kier alpha value is -3.35. The summed E-state index contributed by atoms with van der Waals surface area (Å²) in [5.74, 6) is -1.80. The molecule has 0 aromatic heterocycles. The lowest BCUT2D eigenvalue weighted by molar-refractivity contribution is -0.142. The van der Waals surface area contributed by atoms with Crippen molar-refractivity contribution in [1.82, 2.24) is 4.90 Å². The fraction of sp³-hybridized carbons (Fsp3) is 0.400. The molecule has 0 fully saturated rings. The third kappa shape index (κ3) is 4.20. The molecule has 1 aliphatic heterocycles. The van der Waals surface area contributed by atoms with Gasteiger partial charge < -0.3 is 20.1 Å². The van der Waals surface area contributed by atoms with Crippen molar-refractivity contribution in [3.05, 3.63) is 58.7 Å². The maximum Gasteiger partial charge on any atom is 0.313 e. The first-order chi connectivity index (χ1) is 15.0. The molecule has 32 heavy (non-hydrogen) atoms. The van der Waals surface area contributed by atoms with Crippen molar-refractivity contribution in [1.29, 1.82) is 0 Å². The number of carbonyl (C=O) groups is 3. The van der Waals surface area contributed by atoms with Crippen LogP contribution in [0, 0.1) is 6.92 Å². The first kappa shape index (κ1) is 23.3. The molecular weight excluding hydrogens is 408 g/mol. The molecule has 170 valence electrons. The number of nitrogens with zero attached hydrogens (tertiary/aromatic N) is 1. The molecule has 0 saturated heterocycles. The molecule has 3 rings (SSSR count). The summed E-state index contributed by atoms with van der Waals surface area (Å²) in [4.78, 5) is 40.3. The van der Waals surface area contributed by atoms with Crippen LogP contribution < -0.4 is 10.1 Å². The zero-order valence-electron chi connectivity index (χ0n) is 19.4. The standard InChI is InChI=1S/C25H30N2O5/c1-14(2)27-23(29)21-18(22(24(30)31)25(27,4)5)11-15(3)12-19(21)26-20(28)13-16-7-9-17(32-6)10-8-16/h7-12,14,22H,13H2,1-6H3,(H,26,28)(H,30,31). The lowest BCUT2D eigenvalue weighted by atomic mass is 9.73. The van der Waals surface area contributed by atoms with Gasteiger partial charge in [0.15, 0.2) is 0 Å². The number of carboxylic acid groups (broad SMARTS) is 1. The number of carboxylic acids is 1. The molecule has 1 aliphatic rings. The van der Waals surface area contributed by atoms with E-state index in [9.17, 15) is 19.5 Å². The zero-order chi connectivity index (χ0) is 23.8. The van der Waals surface area contributed by atoms with Crippen molar-refractivity contribution in [3.63, 3.8) is 0 Å². The van der Waals surface area contributed by atoms with Crippen LogP contribution in [0.25, 0.3) is 0 Å². The maximum atomic E-state index is 13.6. The van der Waals surface area contributed by atoms with Gasteiger partial charge in [0.2, 0.25) is 5.91 Å². The summed E-state index contributed by atoms with van der Waals surface area (Å²) in [6.45, 7) is 9.09. The van der Waals surface area contributed by atoms with E-state index in [1.54, 1.807) is 62.3 Å². The van der Waals surface area contributed by atoms with Crippen LogP contribution in [0.3, 0.4) is 0 Å². The third-order valence-corrected chi connectivity index (χ3v) is 5.95. The normalized spacial score (nSPS) is 17.2. The van der Waals surface area contributed by atoms with Gasteiger partial charge in [-0.2, -0.15) is 0 Å². The quantitative estimate of drug-likeness (QED) is 0.711. The Morgan fingerprint density at radius 2 is 1.81 bits per heavy atom. The number of aryl methyl sites for hydroxylation is 1. The summed E-state index contributed by atoms with van der Waals surface area (Å²) in [5, 5.41) is 12.9. The van der Waals surface area contributed by atoms with Crippen molar-refractivity contribution in [2.24, 2.45) is 0 Å². The number of benzene rings is 2. The molecule has 2 amide bonds. The first-order valence-electron chi connectivity index (χ1n) is 10.6. The van der Waals surface area contributed by atoms with E-state index in [-0.39, 0.29) is 29.8 Å². The summed E-state index contributed by atoms with van der Waals surface area (Å²) < 4.78 is 5.14. The lowest BCUT2D eigenvalue weighted by Gasteiger charge is -2.49. The van der Waals surface area contributed by atoms with Crippen molar-refractivity contribution in [2.75, 3.05) is 12.4 Å². The van der Waals surface area contributed by atoms with E-state index >= 15 is 0 Å². The predicted octanol–water partition coefficient (Wildman–Crippen LogP) is 4.00. The molecule has 1 heterocycles. The summed E-state index contributed by atoms with van der Waals surface area (Å²) in [6.07, 6.45) is 0.114. The second-order valence-electron chi connectivity index (χ2n) is 9.04. The molecule has 1 unspecified atom stereocenters. The molecular formula is C25H30N2O5. The highest BCUT2D eigenvalue weighted by molar-refractivity contribution is 6.08. The van der Waals surface area contributed by atoms with E-state index in [4.69, 9.17) is 4.74 Å². The molecule has 2 aromatic rings. The highest BCUT2D eigenvalue weighted by atomic mass is 16.5. The molecule has 2 aromatic carbocycles. The number of rotatable bonds is 6. The van der Waals surface area contributed by atoms with Crippen LogP contribution in [0.2, 0.25) is 0 Å². The fourth-order valence-electron chi connectivity index (χ4n) is 4.74. The van der Waals surface area contributed by atoms with E-state index < -0.39 is 17.4 Å². The second-order valence-corrected chi connectivity index (χ2v) is 9.04. The van der Waals surface area contributed by atoms with Crippen LogP contribution in [0.4, 0.5) is 5.69 Å². The molecule has 0 aliphatic carbocycles. The van der Waals surface area contributed by atoms with Gasteiger partial charge in [-0.25, -0.2) is 0 Å². The van der Waals surface area contributed by atoms with Crippen LogP contribution >= 0.6 is 0 Å².